The molecule has 2 saturated carbocycles. The van der Waals surface area contributed by atoms with Crippen molar-refractivity contribution in [2.75, 3.05) is 0 Å². The van der Waals surface area contributed by atoms with Crippen LogP contribution in [0.2, 0.25) is 0 Å². The van der Waals surface area contributed by atoms with E-state index < -0.39 is 0 Å². The van der Waals surface area contributed by atoms with Gasteiger partial charge in [0.2, 0.25) is 5.91 Å². The summed E-state index contributed by atoms with van der Waals surface area (Å²) in [6, 6.07) is 0. The number of allylic oxidation sites excluding steroid dienone is 2. The summed E-state index contributed by atoms with van der Waals surface area (Å²) >= 11 is 0. The van der Waals surface area contributed by atoms with Crippen molar-refractivity contribution < 1.29 is 9.90 Å². The largest absolute Gasteiger partial charge is 0.393 e. The van der Waals surface area contributed by atoms with Crippen molar-refractivity contribution >= 4 is 5.91 Å². The molecule has 0 radical (unpaired) electrons. The zero-order valence-electron chi connectivity index (χ0n) is 15.6. The average Bonchev–Trinajstić information content (AvgIpc) is 2.78. The predicted molar refractivity (Wildman–Crippen MR) is 94.9 cm³/mol. The number of aliphatic hydroxyl groups is 1. The maximum Gasteiger partial charge on any atom is 0.224 e. The van der Waals surface area contributed by atoms with Gasteiger partial charge < -0.3 is 10.4 Å². The highest BCUT2D eigenvalue weighted by molar-refractivity contribution is 5.79. The molecule has 3 aliphatic carbocycles. The molecule has 1 saturated heterocycles. The van der Waals surface area contributed by atoms with Crippen molar-refractivity contribution in [1.29, 1.82) is 0 Å². The molecular weight excluding hydrogens is 298 g/mol. The Morgan fingerprint density at radius 3 is 2.75 bits per heavy atom. The number of piperidine rings is 1. The molecule has 4 aliphatic rings. The van der Waals surface area contributed by atoms with Crippen molar-refractivity contribution in [1.82, 2.24) is 5.32 Å². The standard InChI is InChI=1S/C21H33NO2/c1-12-11-16-14-5-6-17-20(3,10-8-18(24)22-17)15(14)7-9-21(16,4)19(12)13(2)23/h6,12-16,19,23H,5,7-11H2,1-4H3,(H,22,24)/t12?,13?,14-,15+,16+,19-,20-,21+/m1/s1. The fourth-order valence-electron chi connectivity index (χ4n) is 7.62. The summed E-state index contributed by atoms with van der Waals surface area (Å²) in [5.74, 6) is 3.38. The van der Waals surface area contributed by atoms with Gasteiger partial charge in [-0.2, -0.15) is 0 Å². The highest BCUT2D eigenvalue weighted by atomic mass is 16.3. The van der Waals surface area contributed by atoms with E-state index in [1.807, 2.05) is 6.92 Å². The van der Waals surface area contributed by atoms with Gasteiger partial charge in [-0.1, -0.05) is 26.8 Å². The van der Waals surface area contributed by atoms with E-state index in [1.165, 1.54) is 25.0 Å². The molecule has 2 unspecified atom stereocenters. The minimum absolute atomic E-state index is 0.157. The Labute approximate surface area is 146 Å². The normalized spacial score (nSPS) is 51.8. The van der Waals surface area contributed by atoms with Gasteiger partial charge in [0.1, 0.15) is 0 Å². The van der Waals surface area contributed by atoms with Crippen LogP contribution in [0.25, 0.3) is 0 Å². The third-order valence-electron chi connectivity index (χ3n) is 8.57. The molecule has 0 aromatic rings. The monoisotopic (exact) mass is 331 g/mol. The second kappa shape index (κ2) is 5.33. The van der Waals surface area contributed by atoms with Gasteiger partial charge >= 0.3 is 0 Å². The molecule has 0 spiro atoms. The van der Waals surface area contributed by atoms with E-state index in [2.05, 4.69) is 32.2 Å². The van der Waals surface area contributed by atoms with Gasteiger partial charge in [0.15, 0.2) is 0 Å². The Balaban J connectivity index is 1.68. The van der Waals surface area contributed by atoms with E-state index in [1.54, 1.807) is 0 Å². The van der Waals surface area contributed by atoms with E-state index in [9.17, 15) is 9.90 Å². The molecular formula is C21H33NO2. The third-order valence-corrected chi connectivity index (χ3v) is 8.57. The minimum atomic E-state index is -0.203. The first-order valence-corrected chi connectivity index (χ1v) is 9.96. The van der Waals surface area contributed by atoms with Crippen molar-refractivity contribution in [2.45, 2.75) is 72.3 Å². The van der Waals surface area contributed by atoms with Crippen LogP contribution in [0.3, 0.4) is 0 Å². The number of amides is 1. The number of fused-ring (bicyclic) bond motifs is 5. The number of carbonyl (C=O) groups is 1. The molecule has 0 bridgehead atoms. The van der Waals surface area contributed by atoms with E-state index in [0.29, 0.717) is 24.2 Å². The average molecular weight is 332 g/mol. The van der Waals surface area contributed by atoms with Gasteiger partial charge in [-0.3, -0.25) is 4.79 Å². The number of rotatable bonds is 1. The van der Waals surface area contributed by atoms with Crippen molar-refractivity contribution in [2.24, 2.45) is 40.4 Å². The third kappa shape index (κ3) is 2.09. The highest BCUT2D eigenvalue weighted by Gasteiger charge is 2.61. The van der Waals surface area contributed by atoms with Crippen molar-refractivity contribution in [3.05, 3.63) is 11.8 Å². The molecule has 1 aliphatic heterocycles. The lowest BCUT2D eigenvalue weighted by Crippen LogP contribution is -2.53. The Bertz CT molecular complexity index is 582. The first-order valence-electron chi connectivity index (χ1n) is 9.96. The Morgan fingerprint density at radius 1 is 1.29 bits per heavy atom. The van der Waals surface area contributed by atoms with Crippen LogP contribution in [-0.2, 0) is 4.79 Å². The zero-order valence-corrected chi connectivity index (χ0v) is 15.6. The van der Waals surface area contributed by atoms with Crippen molar-refractivity contribution in [3.63, 3.8) is 0 Å². The maximum absolute atomic E-state index is 11.8. The van der Waals surface area contributed by atoms with E-state index >= 15 is 0 Å². The van der Waals surface area contributed by atoms with Gasteiger partial charge in [0.05, 0.1) is 6.10 Å². The fourth-order valence-corrected chi connectivity index (χ4v) is 7.62. The summed E-state index contributed by atoms with van der Waals surface area (Å²) in [6.07, 6.45) is 8.66. The molecule has 8 atom stereocenters. The lowest BCUT2D eigenvalue weighted by Gasteiger charge is -2.57. The molecule has 134 valence electrons. The number of carbonyl (C=O) groups excluding carboxylic acids is 1. The fraction of sp³-hybridized carbons (Fsp3) is 0.857. The van der Waals surface area contributed by atoms with Gasteiger partial charge in [-0.05, 0) is 74.0 Å². The molecule has 1 heterocycles. The molecule has 2 N–H and O–H groups in total. The maximum atomic E-state index is 11.8. The first kappa shape index (κ1) is 16.6. The van der Waals surface area contributed by atoms with E-state index in [0.717, 1.165) is 24.7 Å². The molecule has 4 rings (SSSR count). The topological polar surface area (TPSA) is 49.3 Å². The van der Waals surface area contributed by atoms with Gasteiger partial charge in [-0.15, -0.1) is 0 Å². The SMILES string of the molecule is CC(O)[C@H]1C(C)C[C@H]2[C@@H]3CC=C4NC(=O)CC[C@]4(C)[C@H]3CC[C@]12C. The summed E-state index contributed by atoms with van der Waals surface area (Å²) in [4.78, 5) is 11.8. The smallest absolute Gasteiger partial charge is 0.224 e. The summed E-state index contributed by atoms with van der Waals surface area (Å²) in [5, 5.41) is 13.6. The number of hydrogen-bond donors (Lipinski definition) is 2. The minimum Gasteiger partial charge on any atom is -0.393 e. The van der Waals surface area contributed by atoms with Crippen LogP contribution >= 0.6 is 0 Å². The number of aliphatic hydroxyl groups excluding tert-OH is 1. The quantitative estimate of drug-likeness (QED) is 0.766. The van der Waals surface area contributed by atoms with Crippen LogP contribution in [0.15, 0.2) is 11.8 Å². The molecule has 0 aromatic carbocycles. The molecule has 3 nitrogen and oxygen atoms in total. The van der Waals surface area contributed by atoms with Crippen LogP contribution in [0.1, 0.15) is 66.2 Å². The molecule has 24 heavy (non-hydrogen) atoms. The lowest BCUT2D eigenvalue weighted by atomic mass is 9.49. The Hall–Kier alpha value is -0.830. The van der Waals surface area contributed by atoms with Gasteiger partial charge in [0.25, 0.3) is 0 Å². The molecule has 1 amide bonds. The Morgan fingerprint density at radius 2 is 2.04 bits per heavy atom. The number of hydrogen-bond acceptors (Lipinski definition) is 2. The highest BCUT2D eigenvalue weighted by Crippen LogP contribution is 2.66. The van der Waals surface area contributed by atoms with Gasteiger partial charge in [-0.25, -0.2) is 0 Å². The summed E-state index contributed by atoms with van der Waals surface area (Å²) in [6.45, 7) is 9.20. The van der Waals surface area contributed by atoms with Gasteiger partial charge in [0, 0.05) is 17.5 Å². The molecule has 3 heteroatoms. The second-order valence-electron chi connectivity index (χ2n) is 9.72. The van der Waals surface area contributed by atoms with E-state index in [4.69, 9.17) is 0 Å². The summed E-state index contributed by atoms with van der Waals surface area (Å²) in [5.41, 5.74) is 1.65. The Kier molecular flexibility index (Phi) is 3.69. The van der Waals surface area contributed by atoms with Crippen LogP contribution < -0.4 is 5.32 Å². The number of nitrogens with one attached hydrogen (secondary N) is 1. The van der Waals surface area contributed by atoms with Crippen LogP contribution in [0.4, 0.5) is 0 Å². The summed E-state index contributed by atoms with van der Waals surface area (Å²) in [7, 11) is 0. The zero-order chi connectivity index (χ0) is 17.3. The van der Waals surface area contributed by atoms with Crippen molar-refractivity contribution in [3.8, 4) is 0 Å². The molecule has 3 fully saturated rings. The van der Waals surface area contributed by atoms with Crippen LogP contribution in [0.5, 0.6) is 0 Å². The summed E-state index contributed by atoms with van der Waals surface area (Å²) < 4.78 is 0. The molecule has 0 aromatic heterocycles. The predicted octanol–water partition coefficient (Wildman–Crippen LogP) is 3.88. The van der Waals surface area contributed by atoms with Crippen LogP contribution in [-0.4, -0.2) is 17.1 Å². The second-order valence-corrected chi connectivity index (χ2v) is 9.72. The first-order chi connectivity index (χ1) is 11.3. The lowest BCUT2D eigenvalue weighted by molar-refractivity contribution is -0.125. The van der Waals surface area contributed by atoms with E-state index in [-0.39, 0.29) is 22.8 Å². The van der Waals surface area contributed by atoms with Crippen LogP contribution in [0, 0.1) is 40.4 Å².